The molecule has 0 saturated heterocycles. The number of carbonyl (C=O) groups is 1. The Hall–Kier alpha value is -5.45. The molecule has 11 heteroatoms. The van der Waals surface area contributed by atoms with Crippen molar-refractivity contribution < 1.29 is 13.6 Å². The molecule has 0 aliphatic rings. The molecule has 3 aromatic heterocycles. The lowest BCUT2D eigenvalue weighted by molar-refractivity contribution is 0.0955. The topological polar surface area (TPSA) is 121 Å². The number of rotatable bonds is 7. The van der Waals surface area contributed by atoms with Gasteiger partial charge in [-0.05, 0) is 47.5 Å². The standard InChI is InChI=1S/C29H21F2N7O2/c30-21-10-8-18(12-22(21)31)15-38-16-32-14-20(29(38)40)28(39)33-11-3-4-17-7-9-19-25(13-17)36-37-26(19)27-34-23-5-1-2-6-24(23)35-27/h1-10,12-14,16H,11,15H2,(H,33,39)(H,34,35)(H,36,37)/b4-3+. The highest BCUT2D eigenvalue weighted by Gasteiger charge is 2.14. The van der Waals surface area contributed by atoms with Crippen LogP contribution in [-0.4, -0.2) is 42.2 Å². The zero-order valence-corrected chi connectivity index (χ0v) is 20.9. The van der Waals surface area contributed by atoms with Crippen LogP contribution in [0.2, 0.25) is 0 Å². The zero-order chi connectivity index (χ0) is 27.6. The van der Waals surface area contributed by atoms with Gasteiger partial charge in [-0.15, -0.1) is 0 Å². The van der Waals surface area contributed by atoms with Crippen LogP contribution in [0.15, 0.2) is 84.1 Å². The first-order valence-corrected chi connectivity index (χ1v) is 12.3. The molecule has 198 valence electrons. The number of halogens is 2. The van der Waals surface area contributed by atoms with Gasteiger partial charge in [-0.2, -0.15) is 5.10 Å². The average Bonchev–Trinajstić information content (AvgIpc) is 3.58. The number of carbonyl (C=O) groups excluding carboxylic acids is 1. The third-order valence-corrected chi connectivity index (χ3v) is 6.37. The fourth-order valence-corrected chi connectivity index (χ4v) is 4.38. The minimum absolute atomic E-state index is 0.0573. The molecule has 40 heavy (non-hydrogen) atoms. The molecule has 0 aliphatic heterocycles. The summed E-state index contributed by atoms with van der Waals surface area (Å²) in [4.78, 5) is 37.2. The van der Waals surface area contributed by atoms with E-state index in [1.807, 2.05) is 48.5 Å². The molecule has 0 atom stereocenters. The monoisotopic (exact) mass is 537 g/mol. The van der Waals surface area contributed by atoms with Crippen LogP contribution >= 0.6 is 0 Å². The first-order chi connectivity index (χ1) is 19.5. The van der Waals surface area contributed by atoms with Crippen molar-refractivity contribution in [2.75, 3.05) is 6.54 Å². The Bertz CT molecular complexity index is 1940. The lowest BCUT2D eigenvalue weighted by Crippen LogP contribution is -2.33. The molecule has 0 radical (unpaired) electrons. The van der Waals surface area contributed by atoms with Gasteiger partial charge in [-0.1, -0.05) is 36.4 Å². The van der Waals surface area contributed by atoms with Gasteiger partial charge in [0.25, 0.3) is 11.5 Å². The Labute approximate surface area is 225 Å². The van der Waals surface area contributed by atoms with E-state index in [9.17, 15) is 18.4 Å². The van der Waals surface area contributed by atoms with Crippen molar-refractivity contribution in [3.05, 3.63) is 118 Å². The van der Waals surface area contributed by atoms with E-state index >= 15 is 0 Å². The van der Waals surface area contributed by atoms with E-state index in [-0.39, 0.29) is 18.7 Å². The Morgan fingerprint density at radius 3 is 2.75 bits per heavy atom. The molecule has 6 aromatic rings. The smallest absolute Gasteiger partial charge is 0.266 e. The van der Waals surface area contributed by atoms with Gasteiger partial charge in [0.05, 0.1) is 29.4 Å². The fourth-order valence-electron chi connectivity index (χ4n) is 4.38. The molecule has 9 nitrogen and oxygen atoms in total. The van der Waals surface area contributed by atoms with Crippen molar-refractivity contribution in [2.45, 2.75) is 6.54 Å². The van der Waals surface area contributed by atoms with Crippen molar-refractivity contribution in [3.63, 3.8) is 0 Å². The predicted molar refractivity (Wildman–Crippen MR) is 147 cm³/mol. The maximum atomic E-state index is 13.5. The number of fused-ring (bicyclic) bond motifs is 2. The van der Waals surface area contributed by atoms with E-state index in [0.717, 1.165) is 49.9 Å². The molecule has 0 spiro atoms. The van der Waals surface area contributed by atoms with Gasteiger partial charge in [-0.3, -0.25) is 19.3 Å². The summed E-state index contributed by atoms with van der Waals surface area (Å²) in [6.07, 6.45) is 6.01. The number of nitrogens with one attached hydrogen (secondary N) is 3. The van der Waals surface area contributed by atoms with E-state index in [0.29, 0.717) is 11.4 Å². The summed E-state index contributed by atoms with van der Waals surface area (Å²) >= 11 is 0. The number of nitrogens with zero attached hydrogens (tertiary/aromatic N) is 4. The Kier molecular flexibility index (Phi) is 6.44. The van der Waals surface area contributed by atoms with Crippen LogP contribution < -0.4 is 10.9 Å². The number of aromatic nitrogens is 6. The van der Waals surface area contributed by atoms with E-state index in [1.54, 1.807) is 6.08 Å². The molecule has 1 amide bonds. The number of benzene rings is 3. The molecular weight excluding hydrogens is 516 g/mol. The second-order valence-corrected chi connectivity index (χ2v) is 9.08. The van der Waals surface area contributed by atoms with Crippen LogP contribution in [-0.2, 0) is 6.54 Å². The summed E-state index contributed by atoms with van der Waals surface area (Å²) in [5, 5.41) is 11.1. The normalized spacial score (nSPS) is 11.6. The zero-order valence-electron chi connectivity index (χ0n) is 20.9. The van der Waals surface area contributed by atoms with E-state index < -0.39 is 23.1 Å². The third-order valence-electron chi connectivity index (χ3n) is 6.37. The van der Waals surface area contributed by atoms with Crippen LogP contribution in [0.1, 0.15) is 21.5 Å². The minimum atomic E-state index is -1.02. The van der Waals surface area contributed by atoms with E-state index in [2.05, 4.69) is 30.5 Å². The molecule has 0 bridgehead atoms. The Morgan fingerprint density at radius 1 is 1.02 bits per heavy atom. The number of imidazole rings is 1. The van der Waals surface area contributed by atoms with Crippen molar-refractivity contribution >= 4 is 33.9 Å². The summed E-state index contributed by atoms with van der Waals surface area (Å²) in [6.45, 7) is 0.111. The van der Waals surface area contributed by atoms with Gasteiger partial charge in [0.1, 0.15) is 11.3 Å². The van der Waals surface area contributed by atoms with Crippen LogP contribution in [0, 0.1) is 11.6 Å². The minimum Gasteiger partial charge on any atom is -0.348 e. The molecule has 0 fully saturated rings. The second-order valence-electron chi connectivity index (χ2n) is 9.08. The van der Waals surface area contributed by atoms with Crippen LogP contribution in [0.4, 0.5) is 8.78 Å². The Balaban J connectivity index is 1.11. The molecular formula is C29H21F2N7O2. The van der Waals surface area contributed by atoms with Gasteiger partial charge in [-0.25, -0.2) is 18.7 Å². The van der Waals surface area contributed by atoms with Crippen LogP contribution in [0.25, 0.3) is 39.5 Å². The van der Waals surface area contributed by atoms with Gasteiger partial charge in [0, 0.05) is 18.1 Å². The first kappa shape index (κ1) is 24.9. The molecule has 0 aliphatic carbocycles. The summed E-state index contributed by atoms with van der Waals surface area (Å²) < 4.78 is 27.9. The fraction of sp³-hybridized carbons (Fsp3) is 0.0690. The maximum Gasteiger partial charge on any atom is 0.266 e. The van der Waals surface area contributed by atoms with Crippen molar-refractivity contribution in [3.8, 4) is 11.5 Å². The number of hydrogen-bond acceptors (Lipinski definition) is 5. The van der Waals surface area contributed by atoms with Gasteiger partial charge >= 0.3 is 0 Å². The number of H-pyrrole nitrogens is 2. The second kappa shape index (κ2) is 10.4. The van der Waals surface area contributed by atoms with Crippen molar-refractivity contribution in [1.29, 1.82) is 0 Å². The number of aromatic amines is 2. The molecule has 3 aromatic carbocycles. The highest BCUT2D eigenvalue weighted by Crippen LogP contribution is 2.27. The maximum absolute atomic E-state index is 13.5. The summed E-state index contributed by atoms with van der Waals surface area (Å²) in [5.74, 6) is -1.91. The molecule has 3 N–H and O–H groups in total. The molecule has 0 unspecified atom stereocenters. The average molecular weight is 538 g/mol. The number of hydrogen-bond donors (Lipinski definition) is 3. The lowest BCUT2D eigenvalue weighted by atomic mass is 10.1. The van der Waals surface area contributed by atoms with Gasteiger partial charge in [0.2, 0.25) is 0 Å². The van der Waals surface area contributed by atoms with Crippen molar-refractivity contribution in [1.82, 2.24) is 35.0 Å². The number of amides is 1. The number of para-hydroxylation sites is 2. The SMILES string of the molecule is O=C(NC/C=C/c1ccc2c(-c3nc4ccccc4[nH]3)n[nH]c2c1)c1cncn(Cc2ccc(F)c(F)c2)c1=O. The molecule has 0 saturated carbocycles. The highest BCUT2D eigenvalue weighted by molar-refractivity contribution is 5.94. The quantitative estimate of drug-likeness (QED) is 0.278. The van der Waals surface area contributed by atoms with Crippen molar-refractivity contribution in [2.24, 2.45) is 0 Å². The molecule has 3 heterocycles. The largest absolute Gasteiger partial charge is 0.348 e. The first-order valence-electron chi connectivity index (χ1n) is 12.3. The predicted octanol–water partition coefficient (Wildman–Crippen LogP) is 4.43. The van der Waals surface area contributed by atoms with Crippen LogP contribution in [0.5, 0.6) is 0 Å². The molecule has 6 rings (SSSR count). The summed E-state index contributed by atoms with van der Waals surface area (Å²) in [5.41, 5.74) is 3.85. The van der Waals surface area contributed by atoms with Crippen LogP contribution in [0.3, 0.4) is 0 Å². The highest BCUT2D eigenvalue weighted by atomic mass is 19.2. The summed E-state index contributed by atoms with van der Waals surface area (Å²) in [6, 6.07) is 16.9. The summed E-state index contributed by atoms with van der Waals surface area (Å²) in [7, 11) is 0. The van der Waals surface area contributed by atoms with E-state index in [4.69, 9.17) is 0 Å². The van der Waals surface area contributed by atoms with Gasteiger partial charge < -0.3 is 10.3 Å². The van der Waals surface area contributed by atoms with Gasteiger partial charge in [0.15, 0.2) is 17.5 Å². The Morgan fingerprint density at radius 2 is 1.90 bits per heavy atom. The lowest BCUT2D eigenvalue weighted by Gasteiger charge is -2.08. The third kappa shape index (κ3) is 4.87. The van der Waals surface area contributed by atoms with E-state index in [1.165, 1.54) is 18.6 Å².